The van der Waals surface area contributed by atoms with Gasteiger partial charge < -0.3 is 83.4 Å². The molecule has 3 aliphatic rings. The molecule has 3 rings (SSSR count). The highest BCUT2D eigenvalue weighted by atomic mass is 16.4. The SMILES string of the molecule is CCCCCCCCCCCCCCC(=O)N[C@@H](CC(=O)O)C(=O)N[C@H]1CNC(=O)[C@@H]2CCCN2C(=O)[C@H]([C@@H](C)CC)NC(=O)[C@H]([C@@H](C)O)NC(=O)CNC(=O)[C@H](CC(=O)O)NC(=O)CNC(=O)[C@H](CC(=O)O)NC(=O)CNC(=O)[C@@H]2CCCCN2C1=O. The molecule has 31 nitrogen and oxygen atoms in total. The van der Waals surface area contributed by atoms with Crippen LogP contribution in [0.15, 0.2) is 0 Å². The molecule has 3 aliphatic heterocycles. The number of unbranched alkanes of at least 4 members (excludes halogenated alkanes) is 11. The van der Waals surface area contributed by atoms with Crippen molar-refractivity contribution in [1.82, 2.24) is 63.0 Å². The smallest absolute Gasteiger partial charge is 0.305 e. The Morgan fingerprint density at radius 1 is 0.534 bits per heavy atom. The van der Waals surface area contributed by atoms with E-state index < -0.39 is 195 Å². The molecule has 0 aliphatic carbocycles. The Balaban J connectivity index is 2.00. The van der Waals surface area contributed by atoms with Gasteiger partial charge in [0.05, 0.1) is 45.0 Å². The summed E-state index contributed by atoms with van der Waals surface area (Å²) < 4.78 is 0. The van der Waals surface area contributed by atoms with Gasteiger partial charge in [-0.2, -0.15) is 0 Å². The van der Waals surface area contributed by atoms with Gasteiger partial charge in [0, 0.05) is 26.1 Å². The lowest BCUT2D eigenvalue weighted by molar-refractivity contribution is -0.146. The van der Waals surface area contributed by atoms with Crippen molar-refractivity contribution < 1.29 is 92.3 Å². The van der Waals surface area contributed by atoms with Crippen molar-refractivity contribution in [3.8, 4) is 0 Å². The third-order valence-electron chi connectivity index (χ3n) is 15.5. The lowest BCUT2D eigenvalue weighted by Crippen LogP contribution is -2.63. The van der Waals surface area contributed by atoms with Crippen molar-refractivity contribution in [2.75, 3.05) is 39.3 Å². The third kappa shape index (κ3) is 26.2. The second-order valence-electron chi connectivity index (χ2n) is 22.6. The average molecular weight is 1250 g/mol. The number of aliphatic hydroxyl groups is 1. The first-order chi connectivity index (χ1) is 41.8. The molecule has 31 heteroatoms. The minimum absolute atomic E-state index is 0.0101. The summed E-state index contributed by atoms with van der Waals surface area (Å²) in [5.74, 6) is -17.6. The van der Waals surface area contributed by atoms with Crippen molar-refractivity contribution in [1.29, 1.82) is 0 Å². The molecule has 0 bridgehead atoms. The quantitative estimate of drug-likeness (QED) is 0.0427. The highest BCUT2D eigenvalue weighted by molar-refractivity contribution is 6.00. The predicted octanol–water partition coefficient (Wildman–Crippen LogP) is -2.31. The Bertz CT molecular complexity index is 2460. The van der Waals surface area contributed by atoms with E-state index >= 15 is 0 Å². The predicted molar refractivity (Wildman–Crippen MR) is 311 cm³/mol. The number of amides is 12. The van der Waals surface area contributed by atoms with Gasteiger partial charge in [-0.1, -0.05) is 97.8 Å². The number of carboxylic acids is 3. The van der Waals surface area contributed by atoms with Gasteiger partial charge in [0.15, 0.2) is 0 Å². The van der Waals surface area contributed by atoms with Crippen molar-refractivity contribution in [3.05, 3.63) is 0 Å². The molecule has 3 saturated heterocycles. The van der Waals surface area contributed by atoms with Crippen molar-refractivity contribution in [2.24, 2.45) is 5.92 Å². The van der Waals surface area contributed by atoms with Gasteiger partial charge in [-0.3, -0.25) is 71.9 Å². The van der Waals surface area contributed by atoms with Gasteiger partial charge in [0.25, 0.3) is 0 Å². The molecule has 3 heterocycles. The van der Waals surface area contributed by atoms with Crippen LogP contribution in [0.3, 0.4) is 0 Å². The lowest BCUT2D eigenvalue weighted by atomic mass is 9.96. The number of hydrogen-bond donors (Lipinski definition) is 14. The number of nitrogens with one attached hydrogen (secondary N) is 10. The van der Waals surface area contributed by atoms with Crippen LogP contribution >= 0.6 is 0 Å². The first kappa shape index (κ1) is 74.3. The van der Waals surface area contributed by atoms with Gasteiger partial charge in [-0.25, -0.2) is 0 Å². The van der Waals surface area contributed by atoms with E-state index in [0.717, 1.165) is 43.9 Å². The molecule has 494 valence electrons. The Hall–Kier alpha value is -7.99. The molecule has 0 aromatic heterocycles. The lowest BCUT2D eigenvalue weighted by Gasteiger charge is -2.37. The number of piperidine rings is 1. The third-order valence-corrected chi connectivity index (χ3v) is 15.5. The van der Waals surface area contributed by atoms with Gasteiger partial charge >= 0.3 is 17.9 Å². The van der Waals surface area contributed by atoms with E-state index in [1.54, 1.807) is 13.8 Å². The number of fused-ring (bicyclic) bond motifs is 2. The summed E-state index contributed by atoms with van der Waals surface area (Å²) in [6.07, 6.45) is 8.97. The summed E-state index contributed by atoms with van der Waals surface area (Å²) in [6, 6.07) is -13.1. The first-order valence-corrected chi connectivity index (χ1v) is 30.6. The van der Waals surface area contributed by atoms with E-state index in [2.05, 4.69) is 60.1 Å². The number of carboxylic acid groups (broad SMARTS) is 3. The van der Waals surface area contributed by atoms with Crippen molar-refractivity contribution in [2.45, 2.75) is 223 Å². The summed E-state index contributed by atoms with van der Waals surface area (Å²) in [7, 11) is 0. The highest BCUT2D eigenvalue weighted by Crippen LogP contribution is 2.23. The summed E-state index contributed by atoms with van der Waals surface area (Å²) in [5, 5.41) is 62.6. The molecular weight excluding hydrogens is 1160 g/mol. The number of aliphatic carboxylic acids is 3. The summed E-state index contributed by atoms with van der Waals surface area (Å²) >= 11 is 0. The monoisotopic (exact) mass is 1250 g/mol. The number of hydrogen-bond acceptors (Lipinski definition) is 16. The zero-order chi connectivity index (χ0) is 65.5. The fourth-order valence-electron chi connectivity index (χ4n) is 10.4. The van der Waals surface area contributed by atoms with E-state index in [4.69, 9.17) is 0 Å². The molecule has 10 atom stereocenters. The van der Waals surface area contributed by atoms with Crippen LogP contribution in [0.5, 0.6) is 0 Å². The van der Waals surface area contributed by atoms with Crippen molar-refractivity contribution >= 4 is 88.8 Å². The molecule has 0 spiro atoms. The zero-order valence-corrected chi connectivity index (χ0v) is 50.9. The van der Waals surface area contributed by atoms with Gasteiger partial charge in [-0.05, 0) is 51.4 Å². The molecule has 14 N–H and O–H groups in total. The fourth-order valence-corrected chi connectivity index (χ4v) is 10.4. The normalized spacial score (nSPS) is 23.9. The summed E-state index contributed by atoms with van der Waals surface area (Å²) in [4.78, 5) is 203. The van der Waals surface area contributed by atoms with Crippen LogP contribution in [0.2, 0.25) is 0 Å². The molecule has 0 unspecified atom stereocenters. The maximum absolute atomic E-state index is 14.8. The van der Waals surface area contributed by atoms with E-state index in [9.17, 15) is 92.3 Å². The topological polar surface area (TPSA) is 464 Å². The maximum atomic E-state index is 14.8. The zero-order valence-electron chi connectivity index (χ0n) is 50.9. The van der Waals surface area contributed by atoms with Crippen LogP contribution in [0.4, 0.5) is 0 Å². The second-order valence-corrected chi connectivity index (χ2v) is 22.6. The Labute approximate surface area is 511 Å². The minimum Gasteiger partial charge on any atom is -0.481 e. The minimum atomic E-state index is -1.89. The van der Waals surface area contributed by atoms with E-state index in [1.807, 2.05) is 0 Å². The van der Waals surface area contributed by atoms with Gasteiger partial charge in [0.2, 0.25) is 70.9 Å². The van der Waals surface area contributed by atoms with Crippen LogP contribution in [0.1, 0.15) is 169 Å². The second kappa shape index (κ2) is 39.0. The van der Waals surface area contributed by atoms with Crippen LogP contribution in [-0.2, 0) is 71.9 Å². The van der Waals surface area contributed by atoms with Crippen LogP contribution < -0.4 is 53.2 Å². The standard InChI is InChI=1S/C57H92N12O19/c1-5-7-8-9-10-11-12-13-14-15-16-17-23-41(71)62-37(28-47(79)80)52(83)65-38-29-58-53(84)40-22-20-25-69(40)57(88)48(33(3)6-2)67-55(86)49(34(4)70)66-44(74)32-60-51(82)36(27-46(77)78)63-42(72)30-59-50(81)35(26-45(75)76)64-43(73)31-61-54(85)39-21-18-19-24-68(39)56(38)87/h33-40,48-49,70H,5-32H2,1-4H3,(H,58,84)(H,59,81)(H,60,82)(H,61,85)(H,62,71)(H,63,72)(H,64,73)(H,65,83)(H,66,74)(H,67,86)(H,75,76)(H,77,78)(H,79,80)/t33-,34+,35-,36-,37-,38-,39-,40-,48-,49-/m0/s1. The molecule has 12 amide bonds. The van der Waals surface area contributed by atoms with E-state index in [-0.39, 0.29) is 45.2 Å². The molecular formula is C57H92N12O19. The number of aliphatic hydroxyl groups excluding tert-OH is 1. The summed E-state index contributed by atoms with van der Waals surface area (Å²) in [5.41, 5.74) is 0. The number of nitrogens with zero attached hydrogens (tertiary/aromatic N) is 2. The molecule has 0 aromatic rings. The Morgan fingerprint density at radius 3 is 1.50 bits per heavy atom. The maximum Gasteiger partial charge on any atom is 0.305 e. The van der Waals surface area contributed by atoms with E-state index in [1.165, 1.54) is 37.0 Å². The fraction of sp³-hybridized carbons (Fsp3) is 0.737. The van der Waals surface area contributed by atoms with Crippen LogP contribution in [0, 0.1) is 5.92 Å². The largest absolute Gasteiger partial charge is 0.481 e. The number of carbonyl (C=O) groups excluding carboxylic acids is 12. The molecule has 0 aromatic carbocycles. The van der Waals surface area contributed by atoms with Crippen LogP contribution in [0.25, 0.3) is 0 Å². The van der Waals surface area contributed by atoms with Gasteiger partial charge in [0.1, 0.15) is 48.3 Å². The number of carbonyl (C=O) groups is 15. The molecule has 0 radical (unpaired) electrons. The number of rotatable bonds is 25. The molecule has 3 fully saturated rings. The van der Waals surface area contributed by atoms with E-state index in [0.29, 0.717) is 25.7 Å². The van der Waals surface area contributed by atoms with Crippen molar-refractivity contribution in [3.63, 3.8) is 0 Å². The highest BCUT2D eigenvalue weighted by Gasteiger charge is 2.43. The summed E-state index contributed by atoms with van der Waals surface area (Å²) in [6.45, 7) is 2.89. The Morgan fingerprint density at radius 2 is 1.00 bits per heavy atom. The Kier molecular flexibility index (Phi) is 32.9. The molecule has 88 heavy (non-hydrogen) atoms. The van der Waals surface area contributed by atoms with Gasteiger partial charge in [-0.15, -0.1) is 0 Å². The average Bonchev–Trinajstić information content (AvgIpc) is 4.03. The van der Waals surface area contributed by atoms with Crippen LogP contribution in [-0.4, -0.2) is 213 Å². The first-order valence-electron chi connectivity index (χ1n) is 30.6. The molecule has 0 saturated carbocycles.